The van der Waals surface area contributed by atoms with Gasteiger partial charge in [0.2, 0.25) is 0 Å². The average Bonchev–Trinajstić information content (AvgIpc) is 3.06. The summed E-state index contributed by atoms with van der Waals surface area (Å²) in [6.45, 7) is 8.41. The molecule has 0 aliphatic carbocycles. The number of imidazole rings is 1. The number of allylic oxidation sites excluding steroid dienone is 1. The second-order valence-corrected chi connectivity index (χ2v) is 6.94. The molecule has 0 saturated carbocycles. The lowest BCUT2D eigenvalue weighted by atomic mass is 10.2. The lowest BCUT2D eigenvalue weighted by molar-refractivity contribution is 0.340. The van der Waals surface area contributed by atoms with Crippen molar-refractivity contribution in [2.45, 2.75) is 20.4 Å². The fourth-order valence-corrected chi connectivity index (χ4v) is 3.56. The van der Waals surface area contributed by atoms with Gasteiger partial charge in [0, 0.05) is 12.1 Å². The number of ether oxygens (including phenoxy) is 1. The van der Waals surface area contributed by atoms with Crippen molar-refractivity contribution in [2.24, 2.45) is 0 Å². The third-order valence-electron chi connectivity index (χ3n) is 4.97. The molecule has 0 unspecified atom stereocenters. The van der Waals surface area contributed by atoms with Crippen LogP contribution in [0, 0.1) is 18.3 Å². The normalized spacial score (nSPS) is 10.7. The molecule has 4 rings (SSSR count). The summed E-state index contributed by atoms with van der Waals surface area (Å²) in [4.78, 5) is 22.5. The standard InChI is InChI=1S/C24H21N5O2/c1-4-14-28-21-19(15-25)26-22(17-10-12-18(13-11-17)31-5-2)27-23(21)29(24(28)30)20-9-7-6-8-16(20)3/h4,6-13H,1,5,14H2,2-3H3. The average molecular weight is 411 g/mol. The minimum atomic E-state index is -0.293. The van der Waals surface area contributed by atoms with E-state index in [1.165, 1.54) is 9.13 Å². The zero-order valence-electron chi connectivity index (χ0n) is 17.4. The van der Waals surface area contributed by atoms with Gasteiger partial charge in [-0.3, -0.25) is 4.57 Å². The summed E-state index contributed by atoms with van der Waals surface area (Å²) in [7, 11) is 0. The maximum Gasteiger partial charge on any atom is 0.335 e. The zero-order valence-corrected chi connectivity index (χ0v) is 17.4. The van der Waals surface area contributed by atoms with Crippen LogP contribution in [0.4, 0.5) is 0 Å². The van der Waals surface area contributed by atoms with Gasteiger partial charge in [0.25, 0.3) is 0 Å². The minimum Gasteiger partial charge on any atom is -0.494 e. The number of aryl methyl sites for hydroxylation is 1. The summed E-state index contributed by atoms with van der Waals surface area (Å²) in [5.41, 5.74) is 2.98. The molecule has 0 atom stereocenters. The number of nitriles is 1. The highest BCUT2D eigenvalue weighted by atomic mass is 16.5. The fraction of sp³-hybridized carbons (Fsp3) is 0.167. The van der Waals surface area contributed by atoms with E-state index in [1.54, 1.807) is 6.08 Å². The molecule has 0 spiro atoms. The first-order valence-corrected chi connectivity index (χ1v) is 9.92. The molecule has 0 radical (unpaired) electrons. The molecule has 0 N–H and O–H groups in total. The van der Waals surface area contributed by atoms with Crippen LogP contribution in [0.5, 0.6) is 5.75 Å². The van der Waals surface area contributed by atoms with Crippen molar-refractivity contribution in [2.75, 3.05) is 6.61 Å². The van der Waals surface area contributed by atoms with Gasteiger partial charge in [-0.2, -0.15) is 5.26 Å². The predicted octanol–water partition coefficient (Wildman–Crippen LogP) is 4.01. The predicted molar refractivity (Wildman–Crippen MR) is 119 cm³/mol. The van der Waals surface area contributed by atoms with Gasteiger partial charge in [0.05, 0.1) is 12.3 Å². The van der Waals surface area contributed by atoms with Gasteiger partial charge >= 0.3 is 5.69 Å². The summed E-state index contributed by atoms with van der Waals surface area (Å²) in [5, 5.41) is 9.83. The number of hydrogen-bond acceptors (Lipinski definition) is 5. The first-order valence-electron chi connectivity index (χ1n) is 9.92. The van der Waals surface area contributed by atoms with E-state index in [0.29, 0.717) is 29.3 Å². The number of fused-ring (bicyclic) bond motifs is 1. The van der Waals surface area contributed by atoms with Crippen LogP contribution < -0.4 is 10.4 Å². The zero-order chi connectivity index (χ0) is 22.0. The number of hydrogen-bond donors (Lipinski definition) is 0. The van der Waals surface area contributed by atoms with Crippen LogP contribution in [-0.4, -0.2) is 25.7 Å². The molecule has 2 aromatic heterocycles. The van der Waals surface area contributed by atoms with Crippen LogP contribution >= 0.6 is 0 Å². The van der Waals surface area contributed by atoms with Gasteiger partial charge in [0.15, 0.2) is 17.2 Å². The van der Waals surface area contributed by atoms with Crippen LogP contribution in [0.15, 0.2) is 66.0 Å². The molecular weight excluding hydrogens is 390 g/mol. The number of nitrogens with zero attached hydrogens (tertiary/aromatic N) is 5. The van der Waals surface area contributed by atoms with E-state index in [0.717, 1.165) is 16.9 Å². The van der Waals surface area contributed by atoms with Crippen molar-refractivity contribution in [3.05, 3.63) is 82.9 Å². The Morgan fingerprint density at radius 1 is 1.16 bits per heavy atom. The topological polar surface area (TPSA) is 85.7 Å². The Balaban J connectivity index is 2.04. The lowest BCUT2D eigenvalue weighted by Gasteiger charge is -2.08. The van der Waals surface area contributed by atoms with E-state index in [-0.39, 0.29) is 17.9 Å². The van der Waals surface area contributed by atoms with Crippen LogP contribution in [-0.2, 0) is 6.54 Å². The maximum atomic E-state index is 13.3. The molecule has 2 aromatic carbocycles. The molecule has 154 valence electrons. The van der Waals surface area contributed by atoms with Crippen molar-refractivity contribution in [1.82, 2.24) is 19.1 Å². The van der Waals surface area contributed by atoms with Gasteiger partial charge in [-0.25, -0.2) is 19.3 Å². The first kappa shape index (κ1) is 20.1. The molecule has 31 heavy (non-hydrogen) atoms. The summed E-state index contributed by atoms with van der Waals surface area (Å²) in [5.74, 6) is 1.10. The van der Waals surface area contributed by atoms with Crippen LogP contribution in [0.3, 0.4) is 0 Å². The van der Waals surface area contributed by atoms with Crippen LogP contribution in [0.2, 0.25) is 0 Å². The summed E-state index contributed by atoms with van der Waals surface area (Å²) in [6.07, 6.45) is 1.62. The van der Waals surface area contributed by atoms with Gasteiger partial charge in [-0.15, -0.1) is 6.58 Å². The van der Waals surface area contributed by atoms with E-state index < -0.39 is 0 Å². The van der Waals surface area contributed by atoms with Gasteiger partial charge in [-0.05, 0) is 49.7 Å². The van der Waals surface area contributed by atoms with E-state index in [9.17, 15) is 10.1 Å². The monoisotopic (exact) mass is 411 g/mol. The van der Waals surface area contributed by atoms with Gasteiger partial charge < -0.3 is 4.74 Å². The third-order valence-corrected chi connectivity index (χ3v) is 4.97. The molecule has 0 saturated heterocycles. The van der Waals surface area contributed by atoms with Crippen molar-refractivity contribution in [1.29, 1.82) is 5.26 Å². The van der Waals surface area contributed by atoms with Gasteiger partial charge in [0.1, 0.15) is 17.3 Å². The van der Waals surface area contributed by atoms with E-state index >= 15 is 0 Å². The third kappa shape index (κ3) is 3.49. The Kier molecular flexibility index (Phi) is 5.37. The molecule has 0 amide bonds. The Morgan fingerprint density at radius 3 is 2.55 bits per heavy atom. The van der Waals surface area contributed by atoms with Crippen LogP contribution in [0.1, 0.15) is 18.2 Å². The molecule has 7 nitrogen and oxygen atoms in total. The number of aromatic nitrogens is 4. The summed E-state index contributed by atoms with van der Waals surface area (Å²) < 4.78 is 8.51. The molecule has 0 fully saturated rings. The molecule has 0 aliphatic heterocycles. The van der Waals surface area contributed by atoms with E-state index in [2.05, 4.69) is 17.6 Å². The number of benzene rings is 2. The van der Waals surface area contributed by atoms with Crippen molar-refractivity contribution in [3.63, 3.8) is 0 Å². The molecular formula is C24H21N5O2. The second-order valence-electron chi connectivity index (χ2n) is 6.94. The van der Waals surface area contributed by atoms with Crippen molar-refractivity contribution >= 4 is 11.2 Å². The minimum absolute atomic E-state index is 0.139. The molecule has 7 heteroatoms. The summed E-state index contributed by atoms with van der Waals surface area (Å²) in [6, 6.07) is 17.0. The van der Waals surface area contributed by atoms with E-state index in [1.807, 2.05) is 62.4 Å². The molecule has 2 heterocycles. The van der Waals surface area contributed by atoms with Gasteiger partial charge in [-0.1, -0.05) is 24.3 Å². The Morgan fingerprint density at radius 2 is 1.90 bits per heavy atom. The summed E-state index contributed by atoms with van der Waals surface area (Å²) >= 11 is 0. The fourth-order valence-electron chi connectivity index (χ4n) is 3.56. The second kappa shape index (κ2) is 8.28. The molecule has 0 bridgehead atoms. The highest BCUT2D eigenvalue weighted by Gasteiger charge is 2.22. The van der Waals surface area contributed by atoms with E-state index in [4.69, 9.17) is 9.72 Å². The Bertz CT molecular complexity index is 1370. The Hall–Kier alpha value is -4.18. The van der Waals surface area contributed by atoms with Crippen LogP contribution in [0.25, 0.3) is 28.2 Å². The smallest absolute Gasteiger partial charge is 0.335 e. The lowest BCUT2D eigenvalue weighted by Crippen LogP contribution is -2.23. The highest BCUT2D eigenvalue weighted by Crippen LogP contribution is 2.25. The molecule has 4 aromatic rings. The highest BCUT2D eigenvalue weighted by molar-refractivity contribution is 5.81. The first-order chi connectivity index (χ1) is 15.1. The Labute approximate surface area is 179 Å². The number of rotatable bonds is 6. The maximum absolute atomic E-state index is 13.3. The quantitative estimate of drug-likeness (QED) is 0.448. The molecule has 0 aliphatic rings. The van der Waals surface area contributed by atoms with Crippen molar-refractivity contribution in [3.8, 4) is 28.9 Å². The largest absolute Gasteiger partial charge is 0.494 e. The SMILES string of the molecule is C=CCn1c(=O)n(-c2ccccc2C)c2nc(-c3ccc(OCC)cc3)nc(C#N)c21. The number of para-hydroxylation sites is 1. The van der Waals surface area contributed by atoms with Crippen molar-refractivity contribution < 1.29 is 4.74 Å².